The molecule has 2 aliphatic rings. The summed E-state index contributed by atoms with van der Waals surface area (Å²) in [7, 11) is 0. The lowest BCUT2D eigenvalue weighted by Crippen LogP contribution is -2.39. The molecule has 0 saturated carbocycles. The topological polar surface area (TPSA) is 114 Å². The second-order valence-corrected chi connectivity index (χ2v) is 14.8. The number of aromatic nitrogens is 2. The van der Waals surface area contributed by atoms with E-state index in [1.807, 2.05) is 9.80 Å². The van der Waals surface area contributed by atoms with E-state index < -0.39 is 76.4 Å². The molecule has 2 saturated heterocycles. The van der Waals surface area contributed by atoms with Crippen molar-refractivity contribution in [3.8, 4) is 0 Å². The van der Waals surface area contributed by atoms with Gasteiger partial charge in [-0.2, -0.15) is 26.3 Å². The third-order valence-corrected chi connectivity index (χ3v) is 9.10. The van der Waals surface area contributed by atoms with Crippen LogP contribution in [0.25, 0.3) is 0 Å². The SMILES string of the molecule is CC(C)(F)CC(C(=O)O)n1cc(CCN2CCC2)c(C(F)(F)F)cc1=O.CCOC(=O)C(CC(C)(C)F)n1cc(CCN2CCC2)c(C(F)(F)F)cc1=O. The molecular formula is C36H48F8N4O6. The maximum absolute atomic E-state index is 14.2. The van der Waals surface area contributed by atoms with E-state index in [1.54, 1.807) is 6.92 Å². The number of esters is 1. The standard InChI is InChI=1S/C19H26F4N2O3.C17H22F4N2O3/c1-4-28-17(27)15(11-18(2,3)20)25-12-13(6-9-24-7-5-8-24)14(10-16(25)26)19(21,22)23;1-16(2,18)9-13(15(25)26)23-10-11(4-7-22-5-3-6-22)12(8-14(23)24)17(19,20)21/h10,12,15H,4-9,11H2,1-3H3;8,10,13H,3-7,9H2,1-2H3,(H,25,26). The van der Waals surface area contributed by atoms with E-state index in [0.717, 1.165) is 69.8 Å². The van der Waals surface area contributed by atoms with Crippen LogP contribution in [0.5, 0.6) is 0 Å². The molecule has 0 radical (unpaired) electrons. The summed E-state index contributed by atoms with van der Waals surface area (Å²) in [6.45, 7) is 10.4. The van der Waals surface area contributed by atoms with Crippen molar-refractivity contribution in [3.05, 3.63) is 67.5 Å². The molecule has 0 amide bonds. The summed E-state index contributed by atoms with van der Waals surface area (Å²) < 4.78 is 115. The van der Waals surface area contributed by atoms with Crippen molar-refractivity contribution in [1.29, 1.82) is 0 Å². The van der Waals surface area contributed by atoms with Crippen LogP contribution in [0.2, 0.25) is 0 Å². The zero-order chi connectivity index (χ0) is 40.8. The van der Waals surface area contributed by atoms with Crippen molar-refractivity contribution >= 4 is 11.9 Å². The van der Waals surface area contributed by atoms with Crippen LogP contribution in [-0.2, 0) is 39.5 Å². The molecule has 0 bridgehead atoms. The maximum atomic E-state index is 14.2. The Morgan fingerprint density at radius 2 is 1.07 bits per heavy atom. The van der Waals surface area contributed by atoms with E-state index >= 15 is 0 Å². The summed E-state index contributed by atoms with van der Waals surface area (Å²) in [6.07, 6.45) is -6.28. The highest BCUT2D eigenvalue weighted by molar-refractivity contribution is 5.74. The molecule has 2 aromatic rings. The van der Waals surface area contributed by atoms with Crippen LogP contribution in [-0.4, -0.2) is 93.2 Å². The van der Waals surface area contributed by atoms with Gasteiger partial charge in [0.25, 0.3) is 11.1 Å². The molecule has 0 aliphatic carbocycles. The monoisotopic (exact) mass is 784 g/mol. The predicted octanol–water partition coefficient (Wildman–Crippen LogP) is 6.24. The number of carbonyl (C=O) groups excluding carboxylic acids is 1. The molecule has 1 N–H and O–H groups in total. The average molecular weight is 785 g/mol. The van der Waals surface area contributed by atoms with Crippen LogP contribution < -0.4 is 11.1 Å². The molecule has 2 unspecified atom stereocenters. The van der Waals surface area contributed by atoms with E-state index in [9.17, 15) is 59.4 Å². The lowest BCUT2D eigenvalue weighted by Gasteiger charge is -2.31. The van der Waals surface area contributed by atoms with E-state index in [0.29, 0.717) is 29.8 Å². The maximum Gasteiger partial charge on any atom is 0.416 e. The van der Waals surface area contributed by atoms with Gasteiger partial charge in [-0.25, -0.2) is 18.4 Å². The van der Waals surface area contributed by atoms with Gasteiger partial charge in [0.05, 0.1) is 17.7 Å². The highest BCUT2D eigenvalue weighted by Crippen LogP contribution is 2.34. The fourth-order valence-corrected chi connectivity index (χ4v) is 6.12. The lowest BCUT2D eigenvalue weighted by molar-refractivity contribution is -0.148. The van der Waals surface area contributed by atoms with Crippen molar-refractivity contribution in [2.24, 2.45) is 0 Å². The summed E-state index contributed by atoms with van der Waals surface area (Å²) in [5.41, 5.74) is -8.18. The molecule has 2 aliphatic heterocycles. The summed E-state index contributed by atoms with van der Waals surface area (Å²) in [4.78, 5) is 52.3. The van der Waals surface area contributed by atoms with Gasteiger partial charge in [0, 0.05) is 50.5 Å². The summed E-state index contributed by atoms with van der Waals surface area (Å²) in [5.74, 6) is -2.31. The second-order valence-electron chi connectivity index (χ2n) is 14.8. The van der Waals surface area contributed by atoms with Gasteiger partial charge in [-0.05, 0) is 97.6 Å². The molecule has 4 heterocycles. The minimum Gasteiger partial charge on any atom is -0.480 e. The van der Waals surface area contributed by atoms with Crippen LogP contribution in [0.1, 0.15) is 94.6 Å². The first-order valence-electron chi connectivity index (χ1n) is 17.7. The first kappa shape index (κ1) is 44.6. The van der Waals surface area contributed by atoms with Gasteiger partial charge in [0.1, 0.15) is 23.4 Å². The number of aliphatic carboxylic acids is 1. The van der Waals surface area contributed by atoms with E-state index in [-0.39, 0.29) is 37.0 Å². The molecule has 2 aromatic heterocycles. The van der Waals surface area contributed by atoms with Gasteiger partial charge < -0.3 is 28.8 Å². The number of rotatable bonds is 15. The van der Waals surface area contributed by atoms with Gasteiger partial charge in [0.15, 0.2) is 0 Å². The fraction of sp³-hybridized carbons (Fsp3) is 0.667. The Morgan fingerprint density at radius 1 is 0.704 bits per heavy atom. The van der Waals surface area contributed by atoms with Crippen molar-refractivity contribution in [2.45, 2.75) is 109 Å². The van der Waals surface area contributed by atoms with E-state index in [2.05, 4.69) is 0 Å². The summed E-state index contributed by atoms with van der Waals surface area (Å²) in [6, 6.07) is -2.01. The van der Waals surface area contributed by atoms with Crippen LogP contribution >= 0.6 is 0 Å². The Labute approximate surface area is 307 Å². The number of halogens is 8. The molecule has 10 nitrogen and oxygen atoms in total. The first-order chi connectivity index (χ1) is 24.8. The van der Waals surface area contributed by atoms with Crippen molar-refractivity contribution in [1.82, 2.24) is 18.9 Å². The van der Waals surface area contributed by atoms with Crippen LogP contribution in [0.3, 0.4) is 0 Å². The number of carboxylic acids is 1. The number of carboxylic acid groups (broad SMARTS) is 1. The first-order valence-corrected chi connectivity index (χ1v) is 17.7. The molecule has 0 aromatic carbocycles. The third-order valence-electron chi connectivity index (χ3n) is 9.10. The minimum atomic E-state index is -4.72. The number of likely N-dealkylation sites (tertiary alicyclic amines) is 2. The van der Waals surface area contributed by atoms with Gasteiger partial charge in [-0.1, -0.05) is 0 Å². The number of alkyl halides is 8. The number of ether oxygens (including phenoxy) is 1. The molecule has 304 valence electrons. The highest BCUT2D eigenvalue weighted by atomic mass is 19.4. The zero-order valence-corrected chi connectivity index (χ0v) is 31.0. The van der Waals surface area contributed by atoms with Crippen LogP contribution in [0.15, 0.2) is 34.1 Å². The zero-order valence-electron chi connectivity index (χ0n) is 31.0. The Bertz CT molecular complexity index is 1720. The Kier molecular flexibility index (Phi) is 14.7. The molecule has 2 atom stereocenters. The second kappa shape index (κ2) is 17.8. The normalized spacial score (nSPS) is 16.8. The van der Waals surface area contributed by atoms with Crippen molar-refractivity contribution < 1.29 is 54.6 Å². The fourth-order valence-electron chi connectivity index (χ4n) is 6.12. The molecular weight excluding hydrogens is 736 g/mol. The number of hydrogen-bond donors (Lipinski definition) is 1. The lowest BCUT2D eigenvalue weighted by atomic mass is 9.99. The largest absolute Gasteiger partial charge is 0.480 e. The van der Waals surface area contributed by atoms with E-state index in [1.165, 1.54) is 13.8 Å². The predicted molar refractivity (Wildman–Crippen MR) is 183 cm³/mol. The molecule has 2 fully saturated rings. The number of pyridine rings is 2. The van der Waals surface area contributed by atoms with E-state index in [4.69, 9.17) is 4.74 Å². The smallest absolute Gasteiger partial charge is 0.416 e. The van der Waals surface area contributed by atoms with Crippen molar-refractivity contribution in [2.75, 3.05) is 45.9 Å². The average Bonchev–Trinajstić information content (AvgIpc) is 2.97. The number of hydrogen-bond acceptors (Lipinski definition) is 7. The molecule has 54 heavy (non-hydrogen) atoms. The number of nitrogens with zero attached hydrogens (tertiary/aromatic N) is 4. The molecule has 0 spiro atoms. The third kappa shape index (κ3) is 12.9. The summed E-state index contributed by atoms with van der Waals surface area (Å²) >= 11 is 0. The minimum absolute atomic E-state index is 0.0131. The Morgan fingerprint density at radius 3 is 1.37 bits per heavy atom. The quantitative estimate of drug-likeness (QED) is 0.167. The molecule has 4 rings (SSSR count). The van der Waals surface area contributed by atoms with Crippen LogP contribution in [0.4, 0.5) is 35.1 Å². The van der Waals surface area contributed by atoms with Gasteiger partial charge in [-0.15, -0.1) is 0 Å². The van der Waals surface area contributed by atoms with Gasteiger partial charge in [-0.3, -0.25) is 9.59 Å². The molecule has 18 heteroatoms. The van der Waals surface area contributed by atoms with Crippen LogP contribution in [0, 0.1) is 0 Å². The Hall–Kier alpha value is -3.80. The van der Waals surface area contributed by atoms with Gasteiger partial charge in [0.2, 0.25) is 0 Å². The number of carbonyl (C=O) groups is 2. The Balaban J connectivity index is 0.000000291. The highest BCUT2D eigenvalue weighted by Gasteiger charge is 2.38. The van der Waals surface area contributed by atoms with Crippen molar-refractivity contribution in [3.63, 3.8) is 0 Å². The summed E-state index contributed by atoms with van der Waals surface area (Å²) in [5, 5.41) is 9.34. The van der Waals surface area contributed by atoms with Gasteiger partial charge >= 0.3 is 24.3 Å².